The molecule has 1 unspecified atom stereocenters. The molecule has 1 atom stereocenters. The van der Waals surface area contributed by atoms with Crippen molar-refractivity contribution in [3.8, 4) is 12.0 Å². The van der Waals surface area contributed by atoms with Gasteiger partial charge in [-0.15, -0.1) is 0 Å². The Hall–Kier alpha value is -1.50. The predicted molar refractivity (Wildman–Crippen MR) is 56.7 cm³/mol. The summed E-state index contributed by atoms with van der Waals surface area (Å²) in [6.45, 7) is 0.265. The number of ether oxygens (including phenoxy) is 2. The average molecular weight is 206 g/mol. The van der Waals surface area contributed by atoms with Crippen LogP contribution in [0.1, 0.15) is 5.56 Å². The van der Waals surface area contributed by atoms with Crippen LogP contribution < -0.4 is 0 Å². The van der Waals surface area contributed by atoms with Crippen LogP contribution >= 0.6 is 0 Å². The molecular weight excluding hydrogens is 192 g/mol. The van der Waals surface area contributed by atoms with Gasteiger partial charge in [0.25, 0.3) is 0 Å². The average Bonchev–Trinajstić information content (AvgIpc) is 2.30. The molecule has 1 rings (SSSR count). The lowest BCUT2D eigenvalue weighted by molar-refractivity contribution is -0.0262. The monoisotopic (exact) mass is 206 g/mol. The lowest BCUT2D eigenvalue weighted by atomic mass is 9.95. The zero-order valence-corrected chi connectivity index (χ0v) is 8.86. The number of hydrogen-bond acceptors (Lipinski definition) is 3. The summed E-state index contributed by atoms with van der Waals surface area (Å²) in [5.41, 5.74) is -0.0407. The Morgan fingerprint density at radius 1 is 1.27 bits per heavy atom. The van der Waals surface area contributed by atoms with Gasteiger partial charge in [-0.05, 0) is 11.5 Å². The maximum Gasteiger partial charge on any atom is 0.180 e. The first-order valence-corrected chi connectivity index (χ1v) is 4.55. The third-order valence-electron chi connectivity index (χ3n) is 2.19. The highest BCUT2D eigenvalue weighted by molar-refractivity contribution is 5.31. The van der Waals surface area contributed by atoms with Crippen molar-refractivity contribution in [2.24, 2.45) is 0 Å². The standard InChI is InChI=1S/C12H14O3/c1-14-10-12(15-2,8-9-13)11-6-4-3-5-7-11/h3-7,13H,10H2,1-2H3. The number of aliphatic hydroxyl groups excluding tert-OH is 1. The van der Waals surface area contributed by atoms with Crippen molar-refractivity contribution in [1.29, 1.82) is 0 Å². The van der Waals surface area contributed by atoms with E-state index >= 15 is 0 Å². The second-order valence-corrected chi connectivity index (χ2v) is 3.07. The van der Waals surface area contributed by atoms with Crippen LogP contribution in [0.4, 0.5) is 0 Å². The largest absolute Gasteiger partial charge is 0.462 e. The van der Waals surface area contributed by atoms with E-state index in [4.69, 9.17) is 14.6 Å². The first kappa shape index (κ1) is 11.6. The predicted octanol–water partition coefficient (Wildman–Crippen LogP) is 1.51. The minimum Gasteiger partial charge on any atom is -0.462 e. The van der Waals surface area contributed by atoms with E-state index in [-0.39, 0.29) is 6.61 Å². The van der Waals surface area contributed by atoms with Gasteiger partial charge in [-0.2, -0.15) is 0 Å². The molecule has 0 saturated heterocycles. The highest BCUT2D eigenvalue weighted by Gasteiger charge is 2.30. The van der Waals surface area contributed by atoms with Crippen molar-refractivity contribution < 1.29 is 14.6 Å². The quantitative estimate of drug-likeness (QED) is 0.759. The van der Waals surface area contributed by atoms with Crippen molar-refractivity contribution in [3.05, 3.63) is 35.9 Å². The summed E-state index contributed by atoms with van der Waals surface area (Å²) in [6, 6.07) is 9.44. The van der Waals surface area contributed by atoms with E-state index in [1.807, 2.05) is 36.4 Å². The molecular formula is C12H14O3. The zero-order valence-electron chi connectivity index (χ0n) is 8.86. The minimum absolute atomic E-state index is 0.265. The number of rotatable bonds is 4. The Bertz CT molecular complexity index is 350. The van der Waals surface area contributed by atoms with E-state index in [9.17, 15) is 0 Å². The lowest BCUT2D eigenvalue weighted by Gasteiger charge is -2.26. The first-order chi connectivity index (χ1) is 7.29. The zero-order chi connectivity index (χ0) is 11.1. The van der Waals surface area contributed by atoms with Crippen LogP contribution in [-0.2, 0) is 15.1 Å². The van der Waals surface area contributed by atoms with Gasteiger partial charge in [0.05, 0.1) is 6.61 Å². The second kappa shape index (κ2) is 5.40. The minimum atomic E-state index is -0.898. The third kappa shape index (κ3) is 2.50. The van der Waals surface area contributed by atoms with Crippen molar-refractivity contribution in [1.82, 2.24) is 0 Å². The fraction of sp³-hybridized carbons (Fsp3) is 0.333. The van der Waals surface area contributed by atoms with Gasteiger partial charge in [-0.3, -0.25) is 0 Å². The molecule has 0 amide bonds. The highest BCUT2D eigenvalue weighted by Crippen LogP contribution is 2.24. The van der Waals surface area contributed by atoms with Crippen molar-refractivity contribution >= 4 is 0 Å². The molecule has 0 spiro atoms. The smallest absolute Gasteiger partial charge is 0.180 e. The molecule has 1 aromatic rings. The van der Waals surface area contributed by atoms with E-state index in [1.165, 1.54) is 7.11 Å². The van der Waals surface area contributed by atoms with Gasteiger partial charge in [0.1, 0.15) is 6.11 Å². The fourth-order valence-electron chi connectivity index (χ4n) is 1.42. The van der Waals surface area contributed by atoms with Gasteiger partial charge in [0, 0.05) is 14.2 Å². The van der Waals surface area contributed by atoms with Gasteiger partial charge >= 0.3 is 0 Å². The van der Waals surface area contributed by atoms with Gasteiger partial charge in [-0.25, -0.2) is 0 Å². The Labute approximate surface area is 89.6 Å². The van der Waals surface area contributed by atoms with Crippen LogP contribution in [0.15, 0.2) is 30.3 Å². The molecule has 1 aromatic carbocycles. The lowest BCUT2D eigenvalue weighted by Crippen LogP contribution is -2.32. The summed E-state index contributed by atoms with van der Waals surface area (Å²) in [4.78, 5) is 0. The van der Waals surface area contributed by atoms with Crippen LogP contribution in [0, 0.1) is 12.0 Å². The van der Waals surface area contributed by atoms with Crippen LogP contribution in [0.5, 0.6) is 0 Å². The topological polar surface area (TPSA) is 38.7 Å². The third-order valence-corrected chi connectivity index (χ3v) is 2.19. The van der Waals surface area contributed by atoms with E-state index in [0.717, 1.165) is 5.56 Å². The molecule has 0 radical (unpaired) electrons. The molecule has 15 heavy (non-hydrogen) atoms. The summed E-state index contributed by atoms with van der Waals surface area (Å²) in [5.74, 6) is 2.62. The molecule has 0 fully saturated rings. The molecule has 3 heteroatoms. The van der Waals surface area contributed by atoms with Crippen LogP contribution in [-0.4, -0.2) is 25.9 Å². The molecule has 0 saturated carbocycles. The van der Waals surface area contributed by atoms with Crippen LogP contribution in [0.2, 0.25) is 0 Å². The molecule has 0 aromatic heterocycles. The summed E-state index contributed by atoms with van der Waals surface area (Å²) in [7, 11) is 3.10. The van der Waals surface area contributed by atoms with E-state index in [1.54, 1.807) is 7.11 Å². The van der Waals surface area contributed by atoms with E-state index < -0.39 is 5.60 Å². The normalized spacial score (nSPS) is 13.7. The van der Waals surface area contributed by atoms with Gasteiger partial charge in [0.2, 0.25) is 0 Å². The summed E-state index contributed by atoms with van der Waals surface area (Å²) in [5, 5.41) is 8.72. The maximum atomic E-state index is 8.72. The van der Waals surface area contributed by atoms with Gasteiger partial charge in [-0.1, -0.05) is 30.3 Å². The SMILES string of the molecule is COCC(C#CO)(OC)c1ccccc1. The summed E-state index contributed by atoms with van der Waals surface area (Å²) < 4.78 is 10.4. The van der Waals surface area contributed by atoms with Gasteiger partial charge < -0.3 is 14.6 Å². The molecule has 0 heterocycles. The van der Waals surface area contributed by atoms with Gasteiger partial charge in [0.15, 0.2) is 5.60 Å². The fourth-order valence-corrected chi connectivity index (χ4v) is 1.42. The molecule has 0 aliphatic heterocycles. The van der Waals surface area contributed by atoms with Crippen molar-refractivity contribution in [2.45, 2.75) is 5.60 Å². The Morgan fingerprint density at radius 3 is 2.40 bits per heavy atom. The molecule has 0 aliphatic carbocycles. The van der Waals surface area contributed by atoms with Crippen molar-refractivity contribution in [3.63, 3.8) is 0 Å². The van der Waals surface area contributed by atoms with Crippen molar-refractivity contribution in [2.75, 3.05) is 20.8 Å². The molecule has 1 N–H and O–H groups in total. The summed E-state index contributed by atoms with van der Waals surface area (Å²) >= 11 is 0. The number of methoxy groups -OCH3 is 2. The van der Waals surface area contributed by atoms with Crippen LogP contribution in [0.25, 0.3) is 0 Å². The Balaban J connectivity index is 3.13. The molecule has 0 bridgehead atoms. The Morgan fingerprint density at radius 2 is 1.93 bits per heavy atom. The number of aliphatic hydroxyl groups is 1. The Kier molecular flexibility index (Phi) is 4.17. The maximum absolute atomic E-state index is 8.72. The van der Waals surface area contributed by atoms with Crippen LogP contribution in [0.3, 0.4) is 0 Å². The number of benzene rings is 1. The molecule has 80 valence electrons. The summed E-state index contributed by atoms with van der Waals surface area (Å²) in [6.07, 6.45) is 1.89. The highest BCUT2D eigenvalue weighted by atomic mass is 16.5. The first-order valence-electron chi connectivity index (χ1n) is 4.55. The second-order valence-electron chi connectivity index (χ2n) is 3.07. The number of hydrogen-bond donors (Lipinski definition) is 1. The molecule has 0 aliphatic rings. The molecule has 3 nitrogen and oxygen atoms in total. The van der Waals surface area contributed by atoms with E-state index in [0.29, 0.717) is 0 Å². The van der Waals surface area contributed by atoms with E-state index in [2.05, 4.69) is 5.92 Å².